The predicted octanol–water partition coefficient (Wildman–Crippen LogP) is 2.31. The number of fused-ring (bicyclic) bond motifs is 1. The number of aromatic nitrogens is 2. The molecule has 0 amide bonds. The van der Waals surface area contributed by atoms with Crippen LogP contribution in [0.1, 0.15) is 17.7 Å². The number of pyridine rings is 2. The highest BCUT2D eigenvalue weighted by Crippen LogP contribution is 2.22. The summed E-state index contributed by atoms with van der Waals surface area (Å²) < 4.78 is 2.30. The zero-order valence-electron chi connectivity index (χ0n) is 9.00. The second-order valence-electron chi connectivity index (χ2n) is 3.98. The van der Waals surface area contributed by atoms with Crippen LogP contribution in [0.15, 0.2) is 48.9 Å². The summed E-state index contributed by atoms with van der Waals surface area (Å²) in [6.07, 6.45) is 9.18. The first kappa shape index (κ1) is 9.28. The number of hydrogen-bond acceptors (Lipinski definition) is 1. The Labute approximate surface area is 94.9 Å². The summed E-state index contributed by atoms with van der Waals surface area (Å²) in [5, 5.41) is 0. The lowest BCUT2D eigenvalue weighted by Gasteiger charge is -1.94. The number of nitrogens with zero attached hydrogens (tertiary/aromatic N) is 2. The summed E-state index contributed by atoms with van der Waals surface area (Å²) >= 11 is 0. The molecule has 0 radical (unpaired) electrons. The van der Waals surface area contributed by atoms with Crippen LogP contribution in [0.25, 0.3) is 11.6 Å². The van der Waals surface area contributed by atoms with E-state index in [1.54, 1.807) is 0 Å². The van der Waals surface area contributed by atoms with E-state index in [4.69, 9.17) is 0 Å². The fraction of sp³-hybridized carbons (Fsp3) is 0.143. The van der Waals surface area contributed by atoms with E-state index < -0.39 is 0 Å². The maximum Gasteiger partial charge on any atom is 0.208 e. The van der Waals surface area contributed by atoms with Gasteiger partial charge in [-0.1, -0.05) is 0 Å². The van der Waals surface area contributed by atoms with Crippen molar-refractivity contribution in [1.29, 1.82) is 0 Å². The highest BCUT2D eigenvalue weighted by molar-refractivity contribution is 5.79. The summed E-state index contributed by atoms with van der Waals surface area (Å²) in [7, 11) is 0. The third kappa shape index (κ3) is 1.63. The molecule has 0 saturated heterocycles. The molecule has 0 fully saturated rings. The molecule has 0 saturated carbocycles. The number of aryl methyl sites for hydroxylation is 1. The first-order valence-electron chi connectivity index (χ1n) is 5.53. The lowest BCUT2D eigenvalue weighted by Crippen LogP contribution is -2.31. The average Bonchev–Trinajstić information content (AvgIpc) is 2.74. The van der Waals surface area contributed by atoms with E-state index in [0.29, 0.717) is 0 Å². The molecule has 2 heteroatoms. The monoisotopic (exact) mass is 209 g/mol. The molecule has 16 heavy (non-hydrogen) atoms. The van der Waals surface area contributed by atoms with Gasteiger partial charge in [-0.05, 0) is 29.8 Å². The highest BCUT2D eigenvalue weighted by Gasteiger charge is 2.22. The van der Waals surface area contributed by atoms with Gasteiger partial charge in [-0.2, -0.15) is 4.57 Å². The third-order valence-electron chi connectivity index (χ3n) is 2.94. The van der Waals surface area contributed by atoms with Gasteiger partial charge in [0, 0.05) is 36.5 Å². The summed E-state index contributed by atoms with van der Waals surface area (Å²) in [5.74, 6) is 0. The van der Waals surface area contributed by atoms with E-state index in [1.807, 2.05) is 24.5 Å². The Bertz CT molecular complexity index is 529. The molecule has 1 aliphatic heterocycles. The Morgan fingerprint density at radius 1 is 1.12 bits per heavy atom. The SMILES string of the molecule is C(=C1/CC[n+]2ccccc21)/c1ccncc1. The van der Waals surface area contributed by atoms with Gasteiger partial charge in [0.05, 0.1) is 0 Å². The van der Waals surface area contributed by atoms with E-state index in [2.05, 4.69) is 40.0 Å². The van der Waals surface area contributed by atoms with E-state index in [0.717, 1.165) is 13.0 Å². The van der Waals surface area contributed by atoms with Crippen LogP contribution >= 0.6 is 0 Å². The van der Waals surface area contributed by atoms with Gasteiger partial charge in [0.2, 0.25) is 5.69 Å². The van der Waals surface area contributed by atoms with Gasteiger partial charge in [0.25, 0.3) is 0 Å². The lowest BCUT2D eigenvalue weighted by molar-refractivity contribution is -0.689. The largest absolute Gasteiger partial charge is 0.265 e. The molecule has 78 valence electrons. The van der Waals surface area contributed by atoms with Gasteiger partial charge in [0.15, 0.2) is 12.7 Å². The molecule has 2 nitrogen and oxygen atoms in total. The lowest BCUT2D eigenvalue weighted by atomic mass is 10.1. The van der Waals surface area contributed by atoms with Gasteiger partial charge in [0.1, 0.15) is 0 Å². The molecule has 0 aliphatic carbocycles. The summed E-state index contributed by atoms with van der Waals surface area (Å²) in [4.78, 5) is 4.03. The van der Waals surface area contributed by atoms with Gasteiger partial charge in [-0.3, -0.25) is 4.98 Å². The molecule has 0 N–H and O–H groups in total. The van der Waals surface area contributed by atoms with Gasteiger partial charge >= 0.3 is 0 Å². The van der Waals surface area contributed by atoms with Crippen molar-refractivity contribution >= 4 is 11.6 Å². The molecule has 2 aromatic rings. The second-order valence-corrected chi connectivity index (χ2v) is 3.98. The van der Waals surface area contributed by atoms with Gasteiger partial charge in [-0.15, -0.1) is 0 Å². The zero-order chi connectivity index (χ0) is 10.8. The Morgan fingerprint density at radius 2 is 2.00 bits per heavy atom. The summed E-state index contributed by atoms with van der Waals surface area (Å²) in [5.41, 5.74) is 3.97. The highest BCUT2D eigenvalue weighted by atomic mass is 15.0. The molecular weight excluding hydrogens is 196 g/mol. The van der Waals surface area contributed by atoms with Gasteiger partial charge in [-0.25, -0.2) is 0 Å². The van der Waals surface area contributed by atoms with Crippen LogP contribution in [-0.4, -0.2) is 4.98 Å². The summed E-state index contributed by atoms with van der Waals surface area (Å²) in [6, 6.07) is 10.4. The van der Waals surface area contributed by atoms with Crippen molar-refractivity contribution in [2.75, 3.05) is 0 Å². The Balaban J connectivity index is 2.02. The van der Waals surface area contributed by atoms with Crippen LogP contribution in [0.5, 0.6) is 0 Å². The number of rotatable bonds is 1. The molecule has 3 heterocycles. The Kier molecular flexibility index (Phi) is 2.26. The van der Waals surface area contributed by atoms with Crippen molar-refractivity contribution in [2.24, 2.45) is 0 Å². The minimum absolute atomic E-state index is 1.09. The second kappa shape index (κ2) is 3.89. The Hall–Kier alpha value is -1.96. The molecule has 2 aromatic heterocycles. The molecule has 0 unspecified atom stereocenters. The fourth-order valence-electron chi connectivity index (χ4n) is 2.14. The third-order valence-corrected chi connectivity index (χ3v) is 2.94. The van der Waals surface area contributed by atoms with Crippen LogP contribution in [0.2, 0.25) is 0 Å². The van der Waals surface area contributed by atoms with Crippen molar-refractivity contribution in [2.45, 2.75) is 13.0 Å². The Morgan fingerprint density at radius 3 is 2.88 bits per heavy atom. The molecule has 0 bridgehead atoms. The average molecular weight is 209 g/mol. The van der Waals surface area contributed by atoms with Crippen LogP contribution in [-0.2, 0) is 6.54 Å². The molecule has 0 atom stereocenters. The predicted molar refractivity (Wildman–Crippen MR) is 63.4 cm³/mol. The van der Waals surface area contributed by atoms with Crippen LogP contribution in [0.4, 0.5) is 0 Å². The normalized spacial score (nSPS) is 16.4. The van der Waals surface area contributed by atoms with E-state index in [-0.39, 0.29) is 0 Å². The smallest absolute Gasteiger partial charge is 0.208 e. The van der Waals surface area contributed by atoms with Crippen LogP contribution in [0, 0.1) is 0 Å². The van der Waals surface area contributed by atoms with E-state index in [9.17, 15) is 0 Å². The van der Waals surface area contributed by atoms with Crippen molar-refractivity contribution in [3.63, 3.8) is 0 Å². The topological polar surface area (TPSA) is 16.8 Å². The quantitative estimate of drug-likeness (QED) is 0.659. The van der Waals surface area contributed by atoms with Crippen molar-refractivity contribution < 1.29 is 4.57 Å². The maximum atomic E-state index is 4.03. The van der Waals surface area contributed by atoms with Crippen molar-refractivity contribution in [3.8, 4) is 0 Å². The van der Waals surface area contributed by atoms with Gasteiger partial charge < -0.3 is 0 Å². The number of allylic oxidation sites excluding steroid dienone is 1. The first-order valence-corrected chi connectivity index (χ1v) is 5.53. The van der Waals surface area contributed by atoms with Crippen LogP contribution < -0.4 is 4.57 Å². The minimum Gasteiger partial charge on any atom is -0.265 e. The molecular formula is C14H13N2+. The zero-order valence-corrected chi connectivity index (χ0v) is 9.00. The molecule has 0 aromatic carbocycles. The number of hydrogen-bond donors (Lipinski definition) is 0. The van der Waals surface area contributed by atoms with Crippen LogP contribution in [0.3, 0.4) is 0 Å². The van der Waals surface area contributed by atoms with E-state index >= 15 is 0 Å². The maximum absolute atomic E-state index is 4.03. The first-order chi connectivity index (χ1) is 7.93. The summed E-state index contributed by atoms with van der Waals surface area (Å²) in [6.45, 7) is 1.09. The van der Waals surface area contributed by atoms with Crippen molar-refractivity contribution in [1.82, 2.24) is 4.98 Å². The minimum atomic E-state index is 1.09. The van der Waals surface area contributed by atoms with E-state index in [1.165, 1.54) is 16.8 Å². The molecule has 0 spiro atoms. The molecule has 1 aliphatic rings. The van der Waals surface area contributed by atoms with Crippen molar-refractivity contribution in [3.05, 3.63) is 60.2 Å². The fourth-order valence-corrected chi connectivity index (χ4v) is 2.14. The standard InChI is InChI=1S/C14H13N2/c1-2-9-16-10-6-13(14(16)3-1)11-12-4-7-15-8-5-12/h1-5,7-9,11H,6,10H2/q+1/b13-11+. The molecule has 3 rings (SSSR count).